The van der Waals surface area contributed by atoms with E-state index >= 15 is 0 Å². The van der Waals surface area contributed by atoms with Crippen molar-refractivity contribution in [1.29, 1.82) is 0 Å². The van der Waals surface area contributed by atoms with Crippen molar-refractivity contribution in [3.05, 3.63) is 71.7 Å². The van der Waals surface area contributed by atoms with Crippen LogP contribution in [0.2, 0.25) is 0 Å². The highest BCUT2D eigenvalue weighted by Gasteiger charge is 2.27. The smallest absolute Gasteiger partial charge is 0.231 e. The average Bonchev–Trinajstić information content (AvgIpc) is 3.41. The van der Waals surface area contributed by atoms with Crippen LogP contribution in [0.1, 0.15) is 22.7 Å². The Hall–Kier alpha value is -3.75. The van der Waals surface area contributed by atoms with E-state index in [4.69, 9.17) is 11.5 Å². The van der Waals surface area contributed by atoms with E-state index in [2.05, 4.69) is 44.2 Å². The molecule has 4 aromatic rings. The molecule has 0 radical (unpaired) electrons. The molecular weight excluding hydrogens is 426 g/mol. The Labute approximate surface area is 197 Å². The van der Waals surface area contributed by atoms with Gasteiger partial charge in [-0.05, 0) is 40.8 Å². The molecule has 0 unspecified atom stereocenters. The number of nitrogens with zero attached hydrogens (tertiary/aromatic N) is 4. The first-order chi connectivity index (χ1) is 16.6. The fourth-order valence-electron chi connectivity index (χ4n) is 5.04. The summed E-state index contributed by atoms with van der Waals surface area (Å²) in [4.78, 5) is 23.8. The van der Waals surface area contributed by atoms with Gasteiger partial charge in [0.25, 0.3) is 0 Å². The van der Waals surface area contributed by atoms with Crippen molar-refractivity contribution in [1.82, 2.24) is 19.9 Å². The average molecular weight is 454 g/mol. The lowest BCUT2D eigenvalue weighted by Crippen LogP contribution is -2.43. The molecule has 0 saturated carbocycles. The lowest BCUT2D eigenvalue weighted by molar-refractivity contribution is -0.117. The van der Waals surface area contributed by atoms with Crippen molar-refractivity contribution in [3.63, 3.8) is 0 Å². The summed E-state index contributed by atoms with van der Waals surface area (Å²) in [5.74, 6) is 0.593. The summed E-state index contributed by atoms with van der Waals surface area (Å²) in [7, 11) is 0. The van der Waals surface area contributed by atoms with E-state index in [1.807, 2.05) is 29.2 Å². The lowest BCUT2D eigenvalue weighted by Gasteiger charge is -2.28. The predicted octanol–water partition coefficient (Wildman–Crippen LogP) is 2.42. The number of nitrogens with two attached hydrogens (primary N) is 2. The Balaban J connectivity index is 1.32. The molecule has 0 aliphatic carbocycles. The number of fused-ring (bicyclic) bond motifs is 2. The minimum absolute atomic E-state index is 0.104. The Kier molecular flexibility index (Phi) is 5.04. The molecule has 2 aromatic heterocycles. The molecule has 8 nitrogen and oxygen atoms in total. The highest BCUT2D eigenvalue weighted by molar-refractivity contribution is 6.02. The minimum atomic E-state index is 0.104. The Morgan fingerprint density at radius 3 is 2.76 bits per heavy atom. The van der Waals surface area contributed by atoms with Crippen LogP contribution in [0.3, 0.4) is 0 Å². The standard InChI is InChI=1S/C26H27N7O/c27-11-17-3-1-2-16(8-17)9-23(34)32-7-6-19-10-18(4-5-22(19)32)21-14-33(20-12-29-13-20)26-24(21)25(28)30-15-31-26/h1-5,8,10,14-15,20,29H,6-7,9,11-13,27H2,(H2,28,30,31). The van der Waals surface area contributed by atoms with Crippen LogP contribution in [0, 0.1) is 0 Å². The summed E-state index contributed by atoms with van der Waals surface area (Å²) in [6.07, 6.45) is 4.87. The largest absolute Gasteiger partial charge is 0.383 e. The molecule has 6 rings (SSSR count). The highest BCUT2D eigenvalue weighted by Crippen LogP contribution is 2.38. The molecule has 172 valence electrons. The summed E-state index contributed by atoms with van der Waals surface area (Å²) in [5, 5.41) is 4.21. The van der Waals surface area contributed by atoms with Crippen LogP contribution in [0.15, 0.2) is 55.0 Å². The molecule has 1 amide bonds. The fourth-order valence-corrected chi connectivity index (χ4v) is 5.04. The van der Waals surface area contributed by atoms with Crippen molar-refractivity contribution in [2.75, 3.05) is 30.3 Å². The second kappa shape index (κ2) is 8.23. The summed E-state index contributed by atoms with van der Waals surface area (Å²) in [5.41, 5.74) is 19.2. The van der Waals surface area contributed by atoms with Gasteiger partial charge in [-0.3, -0.25) is 4.79 Å². The Morgan fingerprint density at radius 2 is 1.97 bits per heavy atom. The summed E-state index contributed by atoms with van der Waals surface area (Å²) >= 11 is 0. The molecule has 2 aliphatic heterocycles. The number of carbonyl (C=O) groups excluding carboxylic acids is 1. The topological polar surface area (TPSA) is 115 Å². The van der Waals surface area contributed by atoms with E-state index in [1.54, 1.807) is 0 Å². The van der Waals surface area contributed by atoms with Crippen molar-refractivity contribution < 1.29 is 4.79 Å². The number of aromatic nitrogens is 3. The predicted molar refractivity (Wildman–Crippen MR) is 133 cm³/mol. The van der Waals surface area contributed by atoms with Crippen molar-refractivity contribution in [3.8, 4) is 11.1 Å². The van der Waals surface area contributed by atoms with E-state index in [9.17, 15) is 4.79 Å². The Morgan fingerprint density at radius 1 is 1.12 bits per heavy atom. The zero-order chi connectivity index (χ0) is 23.2. The minimum Gasteiger partial charge on any atom is -0.383 e. The molecule has 5 N–H and O–H groups in total. The fraction of sp³-hybridized carbons (Fsp3) is 0.269. The van der Waals surface area contributed by atoms with E-state index in [-0.39, 0.29) is 5.91 Å². The van der Waals surface area contributed by atoms with Gasteiger partial charge >= 0.3 is 0 Å². The molecule has 2 aliphatic rings. The van der Waals surface area contributed by atoms with Gasteiger partial charge in [0.1, 0.15) is 17.8 Å². The van der Waals surface area contributed by atoms with Gasteiger partial charge < -0.3 is 26.3 Å². The van der Waals surface area contributed by atoms with Crippen LogP contribution in [0.25, 0.3) is 22.2 Å². The molecule has 1 saturated heterocycles. The zero-order valence-corrected chi connectivity index (χ0v) is 18.9. The van der Waals surface area contributed by atoms with Gasteiger partial charge in [-0.2, -0.15) is 0 Å². The van der Waals surface area contributed by atoms with Gasteiger partial charge in [0.2, 0.25) is 5.91 Å². The summed E-state index contributed by atoms with van der Waals surface area (Å²) in [6, 6.07) is 14.6. The third-order valence-electron chi connectivity index (χ3n) is 6.96. The third-order valence-corrected chi connectivity index (χ3v) is 6.96. The number of amides is 1. The van der Waals surface area contributed by atoms with E-state index < -0.39 is 0 Å². The van der Waals surface area contributed by atoms with Gasteiger partial charge in [-0.25, -0.2) is 9.97 Å². The first-order valence-corrected chi connectivity index (χ1v) is 11.7. The maximum Gasteiger partial charge on any atom is 0.231 e. The van der Waals surface area contributed by atoms with Crippen molar-refractivity contribution in [2.45, 2.75) is 25.4 Å². The molecule has 0 atom stereocenters. The molecule has 8 heteroatoms. The van der Waals surface area contributed by atoms with Gasteiger partial charge in [-0.15, -0.1) is 0 Å². The molecule has 34 heavy (non-hydrogen) atoms. The summed E-state index contributed by atoms with van der Waals surface area (Å²) in [6.45, 7) is 3.00. The van der Waals surface area contributed by atoms with E-state index in [0.29, 0.717) is 31.4 Å². The van der Waals surface area contributed by atoms with Gasteiger partial charge in [0.15, 0.2) is 0 Å². The molecule has 1 fully saturated rings. The highest BCUT2D eigenvalue weighted by atomic mass is 16.2. The second-order valence-electron chi connectivity index (χ2n) is 9.06. The molecule has 0 bridgehead atoms. The van der Waals surface area contributed by atoms with Crippen LogP contribution < -0.4 is 21.7 Å². The van der Waals surface area contributed by atoms with E-state index in [0.717, 1.165) is 58.5 Å². The maximum absolute atomic E-state index is 13.1. The molecule has 0 spiro atoms. The number of benzene rings is 2. The van der Waals surface area contributed by atoms with Crippen molar-refractivity contribution >= 4 is 28.4 Å². The maximum atomic E-state index is 13.1. The second-order valence-corrected chi connectivity index (χ2v) is 9.06. The Bertz CT molecular complexity index is 1410. The number of anilines is 2. The molecule has 2 aromatic carbocycles. The van der Waals surface area contributed by atoms with Crippen LogP contribution in [-0.4, -0.2) is 40.1 Å². The van der Waals surface area contributed by atoms with Crippen molar-refractivity contribution in [2.24, 2.45) is 5.73 Å². The monoisotopic (exact) mass is 453 g/mol. The normalized spacial score (nSPS) is 15.5. The van der Waals surface area contributed by atoms with Gasteiger partial charge in [0, 0.05) is 43.6 Å². The number of rotatable bonds is 5. The summed E-state index contributed by atoms with van der Waals surface area (Å²) < 4.78 is 2.21. The molecule has 4 heterocycles. The van der Waals surface area contributed by atoms with Crippen LogP contribution in [0.5, 0.6) is 0 Å². The lowest BCUT2D eigenvalue weighted by atomic mass is 10.0. The SMILES string of the molecule is NCc1cccc(CC(=O)N2CCc3cc(-c4cn(C5CNC5)c5ncnc(N)c45)ccc32)c1. The number of hydrogen-bond acceptors (Lipinski definition) is 6. The van der Waals surface area contributed by atoms with Crippen LogP contribution in [0.4, 0.5) is 11.5 Å². The molecular formula is C26H27N7O. The number of carbonyl (C=O) groups is 1. The number of nitrogens with one attached hydrogen (secondary N) is 1. The number of hydrogen-bond donors (Lipinski definition) is 3. The quantitative estimate of drug-likeness (QED) is 0.428. The first kappa shape index (κ1) is 20.8. The van der Waals surface area contributed by atoms with Gasteiger partial charge in [0.05, 0.1) is 17.8 Å². The number of nitrogen functional groups attached to an aromatic ring is 1. The van der Waals surface area contributed by atoms with Gasteiger partial charge in [-0.1, -0.05) is 30.3 Å². The first-order valence-electron chi connectivity index (χ1n) is 11.7. The van der Waals surface area contributed by atoms with E-state index in [1.165, 1.54) is 11.9 Å². The zero-order valence-electron chi connectivity index (χ0n) is 18.9. The third kappa shape index (κ3) is 3.43. The van der Waals surface area contributed by atoms with Crippen LogP contribution >= 0.6 is 0 Å². The van der Waals surface area contributed by atoms with Crippen LogP contribution in [-0.2, 0) is 24.2 Å².